The first kappa shape index (κ1) is 15.5. The molecule has 1 aromatic carbocycles. The monoisotopic (exact) mass is 289 g/mol. The van der Waals surface area contributed by atoms with Gasteiger partial charge in [-0.15, -0.1) is 0 Å². The van der Waals surface area contributed by atoms with Crippen LogP contribution in [0.1, 0.15) is 12.8 Å². The zero-order valence-corrected chi connectivity index (χ0v) is 13.0. The Kier molecular flexibility index (Phi) is 5.29. The molecule has 114 valence electrons. The molecule has 5 heteroatoms. The number of methoxy groups -OCH3 is 2. The fourth-order valence-corrected chi connectivity index (χ4v) is 2.72. The van der Waals surface area contributed by atoms with Crippen molar-refractivity contribution in [3.05, 3.63) is 18.2 Å². The van der Waals surface area contributed by atoms with Gasteiger partial charge in [-0.3, -0.25) is 0 Å². The summed E-state index contributed by atoms with van der Waals surface area (Å²) >= 11 is 0. The summed E-state index contributed by atoms with van der Waals surface area (Å²) in [7, 11) is 5.43. The quantitative estimate of drug-likeness (QED) is 0.803. The van der Waals surface area contributed by atoms with E-state index in [0.29, 0.717) is 12.5 Å². The molecular formula is C16H23N3O2. The van der Waals surface area contributed by atoms with E-state index < -0.39 is 0 Å². The van der Waals surface area contributed by atoms with Crippen molar-refractivity contribution < 1.29 is 9.47 Å². The van der Waals surface area contributed by atoms with Crippen LogP contribution in [0.3, 0.4) is 0 Å². The van der Waals surface area contributed by atoms with Crippen molar-refractivity contribution in [1.29, 1.82) is 5.26 Å². The van der Waals surface area contributed by atoms with Gasteiger partial charge in [-0.05, 0) is 13.5 Å². The fraction of sp³-hybridized carbons (Fsp3) is 0.562. The van der Waals surface area contributed by atoms with Gasteiger partial charge >= 0.3 is 0 Å². The van der Waals surface area contributed by atoms with Crippen molar-refractivity contribution in [1.82, 2.24) is 4.90 Å². The lowest BCUT2D eigenvalue weighted by atomic mass is 10.2. The maximum Gasteiger partial charge on any atom is 0.124 e. The van der Waals surface area contributed by atoms with Crippen LogP contribution >= 0.6 is 0 Å². The second-order valence-corrected chi connectivity index (χ2v) is 5.35. The molecule has 1 unspecified atom stereocenters. The zero-order chi connectivity index (χ0) is 15.2. The second-order valence-electron chi connectivity index (χ2n) is 5.35. The van der Waals surface area contributed by atoms with Gasteiger partial charge < -0.3 is 19.3 Å². The first-order valence-electron chi connectivity index (χ1n) is 7.23. The van der Waals surface area contributed by atoms with E-state index >= 15 is 0 Å². The first-order valence-corrected chi connectivity index (χ1v) is 7.23. The molecule has 0 N–H and O–H groups in total. The SMILES string of the molecule is COc1cc(OC)cc(N2CCC(N(C)CCC#N)C2)c1. The van der Waals surface area contributed by atoms with Gasteiger partial charge in [0.15, 0.2) is 0 Å². The third-order valence-corrected chi connectivity index (χ3v) is 4.06. The number of ether oxygens (including phenoxy) is 2. The molecule has 0 spiro atoms. The normalized spacial score (nSPS) is 17.9. The number of hydrogen-bond acceptors (Lipinski definition) is 5. The number of benzene rings is 1. The molecule has 1 fully saturated rings. The lowest BCUT2D eigenvalue weighted by molar-refractivity contribution is 0.264. The van der Waals surface area contributed by atoms with E-state index in [-0.39, 0.29) is 0 Å². The predicted molar refractivity (Wildman–Crippen MR) is 83.0 cm³/mol. The molecule has 0 amide bonds. The number of likely N-dealkylation sites (N-methyl/N-ethyl adjacent to an activating group) is 1. The molecule has 0 aromatic heterocycles. The Hall–Kier alpha value is -1.93. The van der Waals surface area contributed by atoms with Crippen LogP contribution in [0.15, 0.2) is 18.2 Å². The average molecular weight is 289 g/mol. The van der Waals surface area contributed by atoms with Crippen molar-refractivity contribution in [2.24, 2.45) is 0 Å². The van der Waals surface area contributed by atoms with Crippen LogP contribution in [0.2, 0.25) is 0 Å². The number of nitrogens with zero attached hydrogens (tertiary/aromatic N) is 3. The van der Waals surface area contributed by atoms with Gasteiger partial charge in [0.25, 0.3) is 0 Å². The average Bonchev–Trinajstić information content (AvgIpc) is 3.02. The lowest BCUT2D eigenvalue weighted by Gasteiger charge is -2.25. The minimum absolute atomic E-state index is 0.496. The Morgan fingerprint density at radius 3 is 2.52 bits per heavy atom. The number of nitriles is 1. The Morgan fingerprint density at radius 1 is 1.29 bits per heavy atom. The van der Waals surface area contributed by atoms with Gasteiger partial charge in [-0.25, -0.2) is 0 Å². The van der Waals surface area contributed by atoms with Crippen LogP contribution in [-0.2, 0) is 0 Å². The number of rotatable bonds is 6. The highest BCUT2D eigenvalue weighted by Crippen LogP contribution is 2.31. The van der Waals surface area contributed by atoms with E-state index in [4.69, 9.17) is 14.7 Å². The minimum atomic E-state index is 0.496. The molecule has 0 bridgehead atoms. The molecule has 1 aromatic rings. The van der Waals surface area contributed by atoms with Gasteiger partial charge in [0, 0.05) is 56.0 Å². The summed E-state index contributed by atoms with van der Waals surface area (Å²) < 4.78 is 10.7. The van der Waals surface area contributed by atoms with E-state index in [1.165, 1.54) is 0 Å². The smallest absolute Gasteiger partial charge is 0.124 e. The van der Waals surface area contributed by atoms with Crippen molar-refractivity contribution in [3.8, 4) is 17.6 Å². The Morgan fingerprint density at radius 2 is 1.95 bits per heavy atom. The van der Waals surface area contributed by atoms with Crippen LogP contribution in [-0.4, -0.2) is 51.8 Å². The largest absolute Gasteiger partial charge is 0.497 e. The fourth-order valence-electron chi connectivity index (χ4n) is 2.72. The van der Waals surface area contributed by atoms with E-state index in [9.17, 15) is 0 Å². The van der Waals surface area contributed by atoms with Gasteiger partial charge in [0.1, 0.15) is 11.5 Å². The Labute approximate surface area is 126 Å². The van der Waals surface area contributed by atoms with Gasteiger partial charge in [-0.2, -0.15) is 5.26 Å². The van der Waals surface area contributed by atoms with E-state index in [0.717, 1.165) is 43.2 Å². The predicted octanol–water partition coefficient (Wildman–Crippen LogP) is 2.13. The molecule has 1 aliphatic heterocycles. The molecule has 1 atom stereocenters. The maximum atomic E-state index is 8.69. The summed E-state index contributed by atoms with van der Waals surface area (Å²) in [5, 5.41) is 8.69. The summed E-state index contributed by atoms with van der Waals surface area (Å²) in [5.41, 5.74) is 1.13. The molecule has 5 nitrogen and oxygen atoms in total. The summed E-state index contributed by atoms with van der Waals surface area (Å²) in [6, 6.07) is 8.67. The van der Waals surface area contributed by atoms with Crippen molar-refractivity contribution >= 4 is 5.69 Å². The molecular weight excluding hydrogens is 266 g/mol. The molecule has 1 heterocycles. The number of hydrogen-bond donors (Lipinski definition) is 0. The highest BCUT2D eigenvalue weighted by atomic mass is 16.5. The van der Waals surface area contributed by atoms with Crippen LogP contribution in [0.25, 0.3) is 0 Å². The van der Waals surface area contributed by atoms with Gasteiger partial charge in [-0.1, -0.05) is 0 Å². The highest BCUT2D eigenvalue weighted by molar-refractivity contribution is 5.56. The van der Waals surface area contributed by atoms with Gasteiger partial charge in [0.2, 0.25) is 0 Å². The van der Waals surface area contributed by atoms with Crippen LogP contribution in [0.4, 0.5) is 5.69 Å². The summed E-state index contributed by atoms with van der Waals surface area (Å²) in [6.07, 6.45) is 1.70. The van der Waals surface area contributed by atoms with E-state index in [1.54, 1.807) is 14.2 Å². The third-order valence-electron chi connectivity index (χ3n) is 4.06. The third kappa shape index (κ3) is 3.79. The standard InChI is InChI=1S/C16H23N3O2/c1-18(7-4-6-17)13-5-8-19(12-13)14-9-15(20-2)11-16(10-14)21-3/h9-11,13H,4-5,7-8,12H2,1-3H3. The Balaban J connectivity index is 2.05. The molecule has 2 rings (SSSR count). The molecule has 1 saturated heterocycles. The molecule has 0 aliphatic carbocycles. The molecule has 21 heavy (non-hydrogen) atoms. The van der Waals surface area contributed by atoms with Gasteiger partial charge in [0.05, 0.1) is 20.3 Å². The first-order chi connectivity index (χ1) is 10.2. The van der Waals surface area contributed by atoms with Crippen molar-refractivity contribution in [3.63, 3.8) is 0 Å². The molecule has 0 saturated carbocycles. The highest BCUT2D eigenvalue weighted by Gasteiger charge is 2.26. The van der Waals surface area contributed by atoms with Crippen molar-refractivity contribution in [2.75, 3.05) is 45.8 Å². The summed E-state index contributed by atoms with van der Waals surface area (Å²) in [6.45, 7) is 2.81. The zero-order valence-electron chi connectivity index (χ0n) is 13.0. The molecule has 1 aliphatic rings. The van der Waals surface area contributed by atoms with Crippen molar-refractivity contribution in [2.45, 2.75) is 18.9 Å². The van der Waals surface area contributed by atoms with Crippen LogP contribution in [0, 0.1) is 11.3 Å². The maximum absolute atomic E-state index is 8.69. The van der Waals surface area contributed by atoms with Crippen LogP contribution < -0.4 is 14.4 Å². The number of anilines is 1. The summed E-state index contributed by atoms with van der Waals surface area (Å²) in [4.78, 5) is 4.62. The minimum Gasteiger partial charge on any atom is -0.497 e. The lowest BCUT2D eigenvalue weighted by Crippen LogP contribution is -2.35. The topological polar surface area (TPSA) is 48.7 Å². The summed E-state index contributed by atoms with van der Waals surface area (Å²) in [5.74, 6) is 1.62. The van der Waals surface area contributed by atoms with Crippen LogP contribution in [0.5, 0.6) is 11.5 Å². The molecule has 0 radical (unpaired) electrons. The van der Waals surface area contributed by atoms with E-state index in [2.05, 4.69) is 22.9 Å². The Bertz CT molecular complexity index is 490. The van der Waals surface area contributed by atoms with E-state index in [1.807, 2.05) is 18.2 Å². The second kappa shape index (κ2) is 7.19.